The average Bonchev–Trinajstić information content (AvgIpc) is 2.45. The van der Waals surface area contributed by atoms with E-state index in [0.717, 1.165) is 18.5 Å². The molecule has 0 spiro atoms. The van der Waals surface area contributed by atoms with Gasteiger partial charge in [0.25, 0.3) is 0 Å². The summed E-state index contributed by atoms with van der Waals surface area (Å²) in [7, 11) is 0. The Balaban J connectivity index is 2.46. The molecule has 0 saturated heterocycles. The standard InChI is InChI=1S/C16H22N2OS/c1-4-16(3,14(17)20)15(19)18-11(2)9-10-12-7-5-6-8-13(12)18/h5-8,11H,4,9-10H2,1-3H3,(H2,17,20). The Hall–Kier alpha value is -1.42. The molecule has 20 heavy (non-hydrogen) atoms. The molecule has 1 aliphatic rings. The second-order valence-corrected chi connectivity index (χ2v) is 6.18. The predicted octanol–water partition coefficient (Wildman–Crippen LogP) is 3.06. The van der Waals surface area contributed by atoms with Crippen molar-refractivity contribution >= 4 is 28.8 Å². The molecule has 1 aromatic rings. The monoisotopic (exact) mass is 290 g/mol. The van der Waals surface area contributed by atoms with E-state index < -0.39 is 5.41 Å². The molecule has 2 N–H and O–H groups in total. The summed E-state index contributed by atoms with van der Waals surface area (Å²) in [5.74, 6) is 0.0205. The van der Waals surface area contributed by atoms with Crippen molar-refractivity contribution in [1.29, 1.82) is 0 Å². The van der Waals surface area contributed by atoms with Gasteiger partial charge in [0.15, 0.2) is 0 Å². The molecular formula is C16H22N2OS. The molecule has 1 aromatic carbocycles. The minimum atomic E-state index is -0.770. The maximum absolute atomic E-state index is 13.0. The van der Waals surface area contributed by atoms with Gasteiger partial charge in [-0.15, -0.1) is 0 Å². The Labute approximate surface area is 126 Å². The van der Waals surface area contributed by atoms with Crippen LogP contribution in [0, 0.1) is 5.41 Å². The number of hydrogen-bond donors (Lipinski definition) is 1. The second kappa shape index (κ2) is 5.52. The minimum Gasteiger partial charge on any atom is -0.392 e. The first-order chi connectivity index (χ1) is 9.41. The van der Waals surface area contributed by atoms with Crippen LogP contribution in [0.15, 0.2) is 24.3 Å². The third kappa shape index (κ3) is 2.33. The number of nitrogens with two attached hydrogens (primary N) is 1. The third-order valence-corrected chi connectivity index (χ3v) is 4.92. The van der Waals surface area contributed by atoms with E-state index in [4.69, 9.17) is 18.0 Å². The lowest BCUT2D eigenvalue weighted by Crippen LogP contribution is -2.53. The zero-order valence-electron chi connectivity index (χ0n) is 12.3. The SMILES string of the molecule is CCC(C)(C(=O)N1c2ccccc2CCC1C)C(N)=S. The van der Waals surface area contributed by atoms with E-state index in [2.05, 4.69) is 13.0 Å². The van der Waals surface area contributed by atoms with Crippen molar-refractivity contribution in [3.63, 3.8) is 0 Å². The van der Waals surface area contributed by atoms with E-state index >= 15 is 0 Å². The van der Waals surface area contributed by atoms with Gasteiger partial charge in [0.2, 0.25) is 5.91 Å². The summed E-state index contributed by atoms with van der Waals surface area (Å²) in [4.78, 5) is 15.2. The van der Waals surface area contributed by atoms with E-state index in [1.165, 1.54) is 5.56 Å². The Morgan fingerprint density at radius 3 is 2.75 bits per heavy atom. The van der Waals surface area contributed by atoms with Crippen LogP contribution in [0.25, 0.3) is 0 Å². The molecule has 2 atom stereocenters. The molecule has 4 heteroatoms. The number of aryl methyl sites for hydroxylation is 1. The van der Waals surface area contributed by atoms with Crippen LogP contribution in [0.3, 0.4) is 0 Å². The summed E-state index contributed by atoms with van der Waals surface area (Å²) in [5, 5.41) is 0. The van der Waals surface area contributed by atoms with Crippen molar-refractivity contribution < 1.29 is 4.79 Å². The van der Waals surface area contributed by atoms with Gasteiger partial charge in [-0.1, -0.05) is 37.3 Å². The Morgan fingerprint density at radius 1 is 1.50 bits per heavy atom. The first-order valence-corrected chi connectivity index (χ1v) is 7.54. The van der Waals surface area contributed by atoms with Gasteiger partial charge in [-0.2, -0.15) is 0 Å². The molecule has 0 bridgehead atoms. The van der Waals surface area contributed by atoms with E-state index in [1.807, 2.05) is 36.9 Å². The van der Waals surface area contributed by atoms with Gasteiger partial charge in [0.05, 0.1) is 10.4 Å². The van der Waals surface area contributed by atoms with Crippen molar-refractivity contribution in [2.75, 3.05) is 4.90 Å². The number of benzene rings is 1. The molecule has 108 valence electrons. The van der Waals surface area contributed by atoms with Crippen molar-refractivity contribution in [2.24, 2.45) is 11.1 Å². The van der Waals surface area contributed by atoms with Crippen LogP contribution in [-0.2, 0) is 11.2 Å². The predicted molar refractivity (Wildman–Crippen MR) is 86.9 cm³/mol. The molecule has 1 aliphatic heterocycles. The van der Waals surface area contributed by atoms with Crippen LogP contribution >= 0.6 is 12.2 Å². The summed E-state index contributed by atoms with van der Waals surface area (Å²) in [6, 6.07) is 8.27. The van der Waals surface area contributed by atoms with Crippen LogP contribution in [0.2, 0.25) is 0 Å². The second-order valence-electron chi connectivity index (χ2n) is 5.74. The largest absolute Gasteiger partial charge is 0.392 e. The smallest absolute Gasteiger partial charge is 0.239 e. The number of thiocarbonyl (C=S) groups is 1. The van der Waals surface area contributed by atoms with Crippen molar-refractivity contribution in [3.05, 3.63) is 29.8 Å². The molecule has 0 radical (unpaired) electrons. The van der Waals surface area contributed by atoms with Gasteiger partial charge in [0.1, 0.15) is 0 Å². The fourth-order valence-corrected chi connectivity index (χ4v) is 2.93. The number of fused-ring (bicyclic) bond motifs is 1. The molecule has 2 rings (SSSR count). The summed E-state index contributed by atoms with van der Waals surface area (Å²) in [5.41, 5.74) is 7.30. The minimum absolute atomic E-state index is 0.0205. The van der Waals surface area contributed by atoms with Crippen molar-refractivity contribution in [1.82, 2.24) is 0 Å². The van der Waals surface area contributed by atoms with E-state index in [9.17, 15) is 4.79 Å². The quantitative estimate of drug-likeness (QED) is 0.870. The molecule has 3 nitrogen and oxygen atoms in total. The maximum atomic E-state index is 13.0. The molecule has 0 saturated carbocycles. The van der Waals surface area contributed by atoms with Gasteiger partial charge in [-0.05, 0) is 44.7 Å². The van der Waals surface area contributed by atoms with Crippen LogP contribution in [0.5, 0.6) is 0 Å². The number of rotatable bonds is 3. The number of amides is 1. The molecule has 1 heterocycles. The fraction of sp³-hybridized carbons (Fsp3) is 0.500. The van der Waals surface area contributed by atoms with Crippen LogP contribution < -0.4 is 10.6 Å². The van der Waals surface area contributed by atoms with E-state index in [1.54, 1.807) is 0 Å². The van der Waals surface area contributed by atoms with Crippen molar-refractivity contribution in [3.8, 4) is 0 Å². The lowest BCUT2D eigenvalue weighted by molar-refractivity contribution is -0.124. The maximum Gasteiger partial charge on any atom is 0.239 e. The summed E-state index contributed by atoms with van der Waals surface area (Å²) < 4.78 is 0. The van der Waals surface area contributed by atoms with Crippen LogP contribution in [-0.4, -0.2) is 16.9 Å². The first-order valence-electron chi connectivity index (χ1n) is 7.13. The molecule has 0 fully saturated rings. The zero-order chi connectivity index (χ0) is 14.9. The number of anilines is 1. The lowest BCUT2D eigenvalue weighted by Gasteiger charge is -2.40. The zero-order valence-corrected chi connectivity index (χ0v) is 13.2. The van der Waals surface area contributed by atoms with Gasteiger partial charge in [-0.25, -0.2) is 0 Å². The van der Waals surface area contributed by atoms with Gasteiger partial charge < -0.3 is 10.6 Å². The van der Waals surface area contributed by atoms with Gasteiger partial charge in [-0.3, -0.25) is 4.79 Å². The van der Waals surface area contributed by atoms with E-state index in [0.29, 0.717) is 6.42 Å². The first kappa shape index (κ1) is 15.0. The highest BCUT2D eigenvalue weighted by Crippen LogP contribution is 2.35. The van der Waals surface area contributed by atoms with Crippen LogP contribution in [0.1, 0.15) is 39.2 Å². The van der Waals surface area contributed by atoms with E-state index in [-0.39, 0.29) is 16.9 Å². The normalized spacial score (nSPS) is 20.9. The topological polar surface area (TPSA) is 46.3 Å². The average molecular weight is 290 g/mol. The number of carbonyl (C=O) groups excluding carboxylic acids is 1. The Bertz CT molecular complexity index is 543. The Morgan fingerprint density at radius 2 is 2.15 bits per heavy atom. The number of para-hydroxylation sites is 1. The van der Waals surface area contributed by atoms with Crippen molar-refractivity contribution in [2.45, 2.75) is 46.1 Å². The molecular weight excluding hydrogens is 268 g/mol. The Kier molecular flexibility index (Phi) is 4.14. The summed E-state index contributed by atoms with van der Waals surface area (Å²) >= 11 is 5.14. The molecule has 0 aliphatic carbocycles. The summed E-state index contributed by atoms with van der Waals surface area (Å²) in [6.45, 7) is 5.89. The summed E-state index contributed by atoms with van der Waals surface area (Å²) in [6.07, 6.45) is 2.60. The third-order valence-electron chi connectivity index (χ3n) is 4.47. The molecule has 0 aromatic heterocycles. The highest BCUT2D eigenvalue weighted by atomic mass is 32.1. The molecule has 1 amide bonds. The number of carbonyl (C=O) groups is 1. The van der Waals surface area contributed by atoms with Crippen LogP contribution in [0.4, 0.5) is 5.69 Å². The fourth-order valence-electron chi connectivity index (χ4n) is 2.69. The highest BCUT2D eigenvalue weighted by molar-refractivity contribution is 7.80. The number of nitrogens with zero attached hydrogens (tertiary/aromatic N) is 1. The number of hydrogen-bond acceptors (Lipinski definition) is 2. The van der Waals surface area contributed by atoms with Gasteiger partial charge in [0, 0.05) is 11.7 Å². The molecule has 2 unspecified atom stereocenters. The lowest BCUT2D eigenvalue weighted by atomic mass is 9.83. The van der Waals surface area contributed by atoms with Gasteiger partial charge >= 0.3 is 0 Å². The highest BCUT2D eigenvalue weighted by Gasteiger charge is 2.41.